The first kappa shape index (κ1) is 14.5. The van der Waals surface area contributed by atoms with Gasteiger partial charge in [0.15, 0.2) is 11.6 Å². The van der Waals surface area contributed by atoms with E-state index in [0.717, 1.165) is 23.5 Å². The zero-order valence-electron chi connectivity index (χ0n) is 11.9. The van der Waals surface area contributed by atoms with E-state index in [2.05, 4.69) is 10.5 Å². The minimum atomic E-state index is -0.412. The van der Waals surface area contributed by atoms with Crippen LogP contribution in [0.3, 0.4) is 0 Å². The quantitative estimate of drug-likeness (QED) is 0.648. The molecule has 0 saturated carbocycles. The molecule has 6 heteroatoms. The van der Waals surface area contributed by atoms with Crippen LogP contribution in [0.5, 0.6) is 5.75 Å². The van der Waals surface area contributed by atoms with Gasteiger partial charge in [-0.25, -0.2) is 9.82 Å². The Hall–Kier alpha value is -1.92. The number of benzene rings is 1. The van der Waals surface area contributed by atoms with E-state index in [-0.39, 0.29) is 11.8 Å². The van der Waals surface area contributed by atoms with E-state index in [1.807, 2.05) is 24.6 Å². The van der Waals surface area contributed by atoms with Gasteiger partial charge in [-0.2, -0.15) is 5.10 Å². The first-order valence-corrected chi connectivity index (χ1v) is 6.44. The summed E-state index contributed by atoms with van der Waals surface area (Å²) in [6.45, 7) is 4.63. The number of rotatable bonds is 5. The van der Waals surface area contributed by atoms with Crippen LogP contribution >= 0.6 is 0 Å². The molecule has 108 valence electrons. The normalized spacial score (nSPS) is 12.4. The molecular formula is C14H19FN4O. The number of nitrogens with zero attached hydrogens (tertiary/aromatic N) is 2. The SMILES string of the molecule is CCn1nc(C)cc1C(NN)c1ccc(OC)c(F)c1. The molecular weight excluding hydrogens is 259 g/mol. The highest BCUT2D eigenvalue weighted by Crippen LogP contribution is 2.26. The van der Waals surface area contributed by atoms with Crippen LogP contribution < -0.4 is 16.0 Å². The van der Waals surface area contributed by atoms with E-state index in [4.69, 9.17) is 10.6 Å². The van der Waals surface area contributed by atoms with Crippen molar-refractivity contribution in [2.45, 2.75) is 26.4 Å². The lowest BCUT2D eigenvalue weighted by atomic mass is 10.0. The van der Waals surface area contributed by atoms with Crippen molar-refractivity contribution in [2.24, 2.45) is 5.84 Å². The summed E-state index contributed by atoms with van der Waals surface area (Å²) >= 11 is 0. The zero-order chi connectivity index (χ0) is 14.7. The molecule has 0 aliphatic rings. The molecule has 1 heterocycles. The molecule has 20 heavy (non-hydrogen) atoms. The minimum Gasteiger partial charge on any atom is -0.494 e. The van der Waals surface area contributed by atoms with Crippen LogP contribution in [0.4, 0.5) is 4.39 Å². The summed E-state index contributed by atoms with van der Waals surface area (Å²) in [6, 6.07) is 6.42. The van der Waals surface area contributed by atoms with E-state index >= 15 is 0 Å². The van der Waals surface area contributed by atoms with Gasteiger partial charge in [0.2, 0.25) is 0 Å². The number of halogens is 1. The average molecular weight is 278 g/mol. The van der Waals surface area contributed by atoms with Crippen molar-refractivity contribution in [3.63, 3.8) is 0 Å². The minimum absolute atomic E-state index is 0.213. The number of hydrogen-bond donors (Lipinski definition) is 2. The van der Waals surface area contributed by atoms with E-state index in [1.165, 1.54) is 13.2 Å². The molecule has 1 unspecified atom stereocenters. The Morgan fingerprint density at radius 3 is 2.75 bits per heavy atom. The van der Waals surface area contributed by atoms with Crippen molar-refractivity contribution < 1.29 is 9.13 Å². The second-order valence-corrected chi connectivity index (χ2v) is 4.52. The maximum Gasteiger partial charge on any atom is 0.165 e. The molecule has 2 aromatic rings. The van der Waals surface area contributed by atoms with Crippen LogP contribution in [-0.4, -0.2) is 16.9 Å². The van der Waals surface area contributed by atoms with Crippen LogP contribution in [-0.2, 0) is 6.54 Å². The van der Waals surface area contributed by atoms with Gasteiger partial charge in [-0.1, -0.05) is 6.07 Å². The second-order valence-electron chi connectivity index (χ2n) is 4.52. The Balaban J connectivity index is 2.44. The Morgan fingerprint density at radius 1 is 1.45 bits per heavy atom. The Kier molecular flexibility index (Phi) is 4.36. The van der Waals surface area contributed by atoms with Crippen LogP contribution in [0.2, 0.25) is 0 Å². The van der Waals surface area contributed by atoms with Crippen LogP contribution in [0.25, 0.3) is 0 Å². The highest BCUT2D eigenvalue weighted by molar-refractivity contribution is 5.35. The Labute approximate surface area is 117 Å². The monoisotopic (exact) mass is 278 g/mol. The molecule has 1 aromatic heterocycles. The zero-order valence-corrected chi connectivity index (χ0v) is 11.9. The lowest BCUT2D eigenvalue weighted by Crippen LogP contribution is -2.30. The number of aryl methyl sites for hydroxylation is 2. The molecule has 1 aromatic carbocycles. The first-order valence-electron chi connectivity index (χ1n) is 6.44. The van der Waals surface area contributed by atoms with Gasteiger partial charge in [-0.15, -0.1) is 0 Å². The van der Waals surface area contributed by atoms with Crippen molar-refractivity contribution in [1.82, 2.24) is 15.2 Å². The number of nitrogens with two attached hydrogens (primary N) is 1. The van der Waals surface area contributed by atoms with Crippen molar-refractivity contribution in [1.29, 1.82) is 0 Å². The molecule has 0 aliphatic heterocycles. The molecule has 0 saturated heterocycles. The summed E-state index contributed by atoms with van der Waals surface area (Å²) in [5, 5.41) is 4.38. The molecule has 2 rings (SSSR count). The van der Waals surface area contributed by atoms with Crippen molar-refractivity contribution >= 4 is 0 Å². The van der Waals surface area contributed by atoms with Gasteiger partial charge in [0.25, 0.3) is 0 Å². The summed E-state index contributed by atoms with van der Waals surface area (Å²) in [4.78, 5) is 0. The van der Waals surface area contributed by atoms with Gasteiger partial charge < -0.3 is 4.74 Å². The van der Waals surface area contributed by atoms with Gasteiger partial charge in [0.1, 0.15) is 0 Å². The number of methoxy groups -OCH3 is 1. The highest BCUT2D eigenvalue weighted by atomic mass is 19.1. The maximum atomic E-state index is 13.8. The number of nitrogens with one attached hydrogen (secondary N) is 1. The second kappa shape index (κ2) is 6.02. The van der Waals surface area contributed by atoms with Crippen LogP contribution in [0, 0.1) is 12.7 Å². The fraction of sp³-hybridized carbons (Fsp3) is 0.357. The third-order valence-corrected chi connectivity index (χ3v) is 3.20. The summed E-state index contributed by atoms with van der Waals surface area (Å²) in [6.07, 6.45) is 0. The Morgan fingerprint density at radius 2 is 2.20 bits per heavy atom. The lowest BCUT2D eigenvalue weighted by molar-refractivity contribution is 0.385. The van der Waals surface area contributed by atoms with Crippen LogP contribution in [0.1, 0.15) is 29.9 Å². The molecule has 1 atom stereocenters. The fourth-order valence-electron chi connectivity index (χ4n) is 2.27. The lowest BCUT2D eigenvalue weighted by Gasteiger charge is -2.18. The third-order valence-electron chi connectivity index (χ3n) is 3.20. The molecule has 0 aliphatic carbocycles. The van der Waals surface area contributed by atoms with Gasteiger partial charge >= 0.3 is 0 Å². The van der Waals surface area contributed by atoms with Crippen molar-refractivity contribution in [3.05, 3.63) is 47.0 Å². The van der Waals surface area contributed by atoms with Gasteiger partial charge in [-0.05, 0) is 37.6 Å². The fourth-order valence-corrected chi connectivity index (χ4v) is 2.27. The molecule has 0 radical (unpaired) electrons. The average Bonchev–Trinajstić information content (AvgIpc) is 2.81. The third kappa shape index (κ3) is 2.66. The first-order chi connectivity index (χ1) is 9.60. The largest absolute Gasteiger partial charge is 0.494 e. The summed E-state index contributed by atoms with van der Waals surface area (Å²) in [5.74, 6) is 5.45. The van der Waals surface area contributed by atoms with E-state index in [9.17, 15) is 4.39 Å². The predicted octanol–water partition coefficient (Wildman–Crippen LogP) is 1.91. The van der Waals surface area contributed by atoms with E-state index in [1.54, 1.807) is 12.1 Å². The van der Waals surface area contributed by atoms with Gasteiger partial charge in [0, 0.05) is 6.54 Å². The standard InChI is InChI=1S/C14H19FN4O/c1-4-19-12(7-9(2)18-19)14(17-16)10-5-6-13(20-3)11(15)8-10/h5-8,14,17H,4,16H2,1-3H3. The predicted molar refractivity (Wildman–Crippen MR) is 74.8 cm³/mol. The smallest absolute Gasteiger partial charge is 0.165 e. The summed E-state index contributed by atoms with van der Waals surface area (Å²) < 4.78 is 20.6. The molecule has 0 bridgehead atoms. The van der Waals surface area contributed by atoms with Gasteiger partial charge in [-0.3, -0.25) is 10.5 Å². The molecule has 0 fully saturated rings. The summed E-state index contributed by atoms with van der Waals surface area (Å²) in [5.41, 5.74) is 5.24. The van der Waals surface area contributed by atoms with E-state index in [0.29, 0.717) is 0 Å². The van der Waals surface area contributed by atoms with Gasteiger partial charge in [0.05, 0.1) is 24.5 Å². The Bertz CT molecular complexity index is 597. The van der Waals surface area contributed by atoms with Crippen molar-refractivity contribution in [3.8, 4) is 5.75 Å². The highest BCUT2D eigenvalue weighted by Gasteiger charge is 2.19. The van der Waals surface area contributed by atoms with Crippen LogP contribution in [0.15, 0.2) is 24.3 Å². The number of aromatic nitrogens is 2. The molecule has 0 amide bonds. The summed E-state index contributed by atoms with van der Waals surface area (Å²) in [7, 11) is 1.44. The molecule has 5 nitrogen and oxygen atoms in total. The maximum absolute atomic E-state index is 13.8. The van der Waals surface area contributed by atoms with E-state index < -0.39 is 5.82 Å². The number of ether oxygens (including phenoxy) is 1. The number of hydrazine groups is 1. The molecule has 3 N–H and O–H groups in total. The number of hydrogen-bond acceptors (Lipinski definition) is 4. The topological polar surface area (TPSA) is 65.1 Å². The van der Waals surface area contributed by atoms with Crippen molar-refractivity contribution in [2.75, 3.05) is 7.11 Å². The molecule has 0 spiro atoms.